The van der Waals surface area contributed by atoms with Gasteiger partial charge in [0.05, 0.1) is 5.69 Å². The van der Waals surface area contributed by atoms with Gasteiger partial charge in [-0.3, -0.25) is 0 Å². The highest BCUT2D eigenvalue weighted by Gasteiger charge is 2.13. The van der Waals surface area contributed by atoms with Crippen LogP contribution >= 0.6 is 23.4 Å². The molecule has 0 saturated heterocycles. The molecule has 0 fully saturated rings. The van der Waals surface area contributed by atoms with Gasteiger partial charge in [-0.15, -0.1) is 10.2 Å². The summed E-state index contributed by atoms with van der Waals surface area (Å²) in [7, 11) is 0. The number of halogens is 1. The molecule has 7 heteroatoms. The van der Waals surface area contributed by atoms with E-state index in [-0.39, 0.29) is 0 Å². The van der Waals surface area contributed by atoms with Gasteiger partial charge >= 0.3 is 0 Å². The van der Waals surface area contributed by atoms with Gasteiger partial charge in [0, 0.05) is 21.9 Å². The Morgan fingerprint density at radius 2 is 1.92 bits per heavy atom. The summed E-state index contributed by atoms with van der Waals surface area (Å²) in [5.41, 5.74) is 3.67. The molecule has 0 aliphatic heterocycles. The van der Waals surface area contributed by atoms with Crippen molar-refractivity contribution in [2.24, 2.45) is 0 Å². The summed E-state index contributed by atoms with van der Waals surface area (Å²) in [6, 6.07) is 15.3. The highest BCUT2D eigenvalue weighted by atomic mass is 35.5. The van der Waals surface area contributed by atoms with Gasteiger partial charge < -0.3 is 8.83 Å². The number of rotatable bonds is 5. The fraction of sp³-hybridized carbons (Fsp3) is 0.105. The third-order valence-corrected chi connectivity index (χ3v) is 4.84. The van der Waals surface area contributed by atoms with E-state index in [1.807, 2.05) is 55.5 Å². The van der Waals surface area contributed by atoms with Gasteiger partial charge in [-0.05, 0) is 36.8 Å². The molecule has 5 nitrogen and oxygen atoms in total. The monoisotopic (exact) mass is 383 g/mol. The smallest absolute Gasteiger partial charge is 0.277 e. The number of nitrogens with zero attached hydrogens (tertiary/aromatic N) is 3. The molecule has 130 valence electrons. The molecule has 0 aliphatic carbocycles. The summed E-state index contributed by atoms with van der Waals surface area (Å²) in [6.07, 6.45) is 1.63. The normalized spacial score (nSPS) is 11.0. The lowest BCUT2D eigenvalue weighted by molar-refractivity contribution is 0.465. The lowest BCUT2D eigenvalue weighted by Crippen LogP contribution is -1.82. The van der Waals surface area contributed by atoms with E-state index >= 15 is 0 Å². The van der Waals surface area contributed by atoms with Crippen molar-refractivity contribution in [3.63, 3.8) is 0 Å². The molecule has 0 unspecified atom stereocenters. The number of benzene rings is 2. The van der Waals surface area contributed by atoms with E-state index < -0.39 is 0 Å². The van der Waals surface area contributed by atoms with Crippen molar-refractivity contribution in [1.29, 1.82) is 0 Å². The summed E-state index contributed by atoms with van der Waals surface area (Å²) in [5, 5.41) is 9.36. The molecule has 2 aromatic heterocycles. The molecule has 0 amide bonds. The quantitative estimate of drug-likeness (QED) is 0.415. The van der Waals surface area contributed by atoms with Crippen LogP contribution in [0.4, 0.5) is 0 Å². The first-order chi connectivity index (χ1) is 12.7. The predicted octanol–water partition coefficient (Wildman–Crippen LogP) is 5.65. The number of hydrogen-bond acceptors (Lipinski definition) is 6. The van der Waals surface area contributed by atoms with E-state index in [0.717, 1.165) is 22.4 Å². The van der Waals surface area contributed by atoms with Crippen molar-refractivity contribution in [2.45, 2.75) is 17.9 Å². The zero-order valence-corrected chi connectivity index (χ0v) is 15.4. The molecule has 0 bridgehead atoms. The van der Waals surface area contributed by atoms with Crippen LogP contribution in [0.1, 0.15) is 11.3 Å². The maximum Gasteiger partial charge on any atom is 0.277 e. The minimum atomic E-state index is 0.496. The van der Waals surface area contributed by atoms with Crippen LogP contribution in [0.3, 0.4) is 0 Å². The lowest BCUT2D eigenvalue weighted by atomic mass is 10.1. The molecule has 2 heterocycles. The van der Waals surface area contributed by atoms with E-state index in [0.29, 0.717) is 27.8 Å². The van der Waals surface area contributed by atoms with Gasteiger partial charge in [0.15, 0.2) is 0 Å². The molecular formula is C19H14ClN3O2S. The van der Waals surface area contributed by atoms with Crippen molar-refractivity contribution >= 4 is 23.4 Å². The van der Waals surface area contributed by atoms with Gasteiger partial charge in [0.2, 0.25) is 11.8 Å². The second-order valence-electron chi connectivity index (χ2n) is 5.63. The average molecular weight is 384 g/mol. The molecular weight excluding hydrogens is 370 g/mol. The molecule has 0 saturated carbocycles. The van der Waals surface area contributed by atoms with Crippen molar-refractivity contribution in [1.82, 2.24) is 15.2 Å². The molecule has 4 rings (SSSR count). The fourth-order valence-corrected chi connectivity index (χ4v) is 3.28. The van der Waals surface area contributed by atoms with E-state index in [1.54, 1.807) is 6.26 Å². The number of hydrogen-bond donors (Lipinski definition) is 0. The average Bonchev–Trinajstić information content (AvgIpc) is 3.30. The highest BCUT2D eigenvalue weighted by molar-refractivity contribution is 7.98. The number of oxazole rings is 1. The van der Waals surface area contributed by atoms with Crippen LogP contribution in [-0.2, 0) is 5.75 Å². The summed E-state index contributed by atoms with van der Waals surface area (Å²) >= 11 is 7.42. The van der Waals surface area contributed by atoms with Crippen LogP contribution in [0.2, 0.25) is 5.02 Å². The Labute approximate surface area is 159 Å². The van der Waals surface area contributed by atoms with Gasteiger partial charge in [-0.1, -0.05) is 47.6 Å². The van der Waals surface area contributed by atoms with Gasteiger partial charge in [0.25, 0.3) is 5.22 Å². The van der Waals surface area contributed by atoms with Gasteiger partial charge in [-0.25, -0.2) is 4.98 Å². The largest absolute Gasteiger partial charge is 0.444 e. The third kappa shape index (κ3) is 3.66. The maximum absolute atomic E-state index is 6.01. The van der Waals surface area contributed by atoms with E-state index in [4.69, 9.17) is 20.4 Å². The van der Waals surface area contributed by atoms with E-state index in [2.05, 4.69) is 15.2 Å². The SMILES string of the molecule is Cc1ccccc1-c1nnc(SCc2coc(-c3cccc(Cl)c3)n2)o1. The first-order valence-electron chi connectivity index (χ1n) is 7.92. The molecule has 0 radical (unpaired) electrons. The summed E-state index contributed by atoms with van der Waals surface area (Å²) in [4.78, 5) is 4.48. The Hall–Kier alpha value is -2.57. The van der Waals surface area contributed by atoms with Crippen LogP contribution in [0, 0.1) is 6.92 Å². The summed E-state index contributed by atoms with van der Waals surface area (Å²) < 4.78 is 11.3. The number of aromatic nitrogens is 3. The Morgan fingerprint density at radius 1 is 1.04 bits per heavy atom. The zero-order chi connectivity index (χ0) is 17.9. The second kappa shape index (κ2) is 7.35. The first kappa shape index (κ1) is 16.9. The minimum absolute atomic E-state index is 0.496. The van der Waals surface area contributed by atoms with Crippen molar-refractivity contribution in [3.05, 3.63) is 71.1 Å². The number of thioether (sulfide) groups is 1. The molecule has 0 atom stereocenters. The van der Waals surface area contributed by atoms with Crippen LogP contribution in [0.15, 0.2) is 68.9 Å². The second-order valence-corrected chi connectivity index (χ2v) is 6.99. The van der Waals surface area contributed by atoms with Gasteiger partial charge in [-0.2, -0.15) is 0 Å². The third-order valence-electron chi connectivity index (χ3n) is 3.75. The molecule has 2 aromatic carbocycles. The Bertz CT molecular complexity index is 1040. The Kier molecular flexibility index (Phi) is 4.77. The highest BCUT2D eigenvalue weighted by Crippen LogP contribution is 2.28. The van der Waals surface area contributed by atoms with E-state index in [1.165, 1.54) is 11.8 Å². The lowest BCUT2D eigenvalue weighted by Gasteiger charge is -1.98. The molecule has 0 spiro atoms. The van der Waals surface area contributed by atoms with Crippen molar-refractivity contribution < 1.29 is 8.83 Å². The summed E-state index contributed by atoms with van der Waals surface area (Å²) in [5.74, 6) is 1.62. The Balaban J connectivity index is 1.45. The minimum Gasteiger partial charge on any atom is -0.444 e. The number of aryl methyl sites for hydroxylation is 1. The zero-order valence-electron chi connectivity index (χ0n) is 13.8. The standard InChI is InChI=1S/C19H14ClN3O2S/c1-12-5-2-3-8-16(12)18-22-23-19(25-18)26-11-15-10-24-17(21-15)13-6-4-7-14(20)9-13/h2-10H,11H2,1H3. The topological polar surface area (TPSA) is 65.0 Å². The summed E-state index contributed by atoms with van der Waals surface area (Å²) in [6.45, 7) is 2.01. The molecule has 26 heavy (non-hydrogen) atoms. The van der Waals surface area contributed by atoms with Gasteiger partial charge in [0.1, 0.15) is 6.26 Å². The maximum atomic E-state index is 6.01. The van der Waals surface area contributed by atoms with Crippen LogP contribution in [0.5, 0.6) is 0 Å². The Morgan fingerprint density at radius 3 is 2.77 bits per heavy atom. The van der Waals surface area contributed by atoms with Crippen LogP contribution in [0.25, 0.3) is 22.9 Å². The molecule has 4 aromatic rings. The van der Waals surface area contributed by atoms with E-state index in [9.17, 15) is 0 Å². The predicted molar refractivity (Wildman–Crippen MR) is 101 cm³/mol. The van der Waals surface area contributed by atoms with Crippen LogP contribution < -0.4 is 0 Å². The van der Waals surface area contributed by atoms with Crippen molar-refractivity contribution in [2.75, 3.05) is 0 Å². The first-order valence-corrected chi connectivity index (χ1v) is 9.28. The van der Waals surface area contributed by atoms with Crippen LogP contribution in [-0.4, -0.2) is 15.2 Å². The van der Waals surface area contributed by atoms with Crippen molar-refractivity contribution in [3.8, 4) is 22.9 Å². The molecule has 0 aliphatic rings. The molecule has 0 N–H and O–H groups in total. The fourth-order valence-electron chi connectivity index (χ4n) is 2.45.